The van der Waals surface area contributed by atoms with Crippen LogP contribution in [0.3, 0.4) is 0 Å². The molecule has 1 fully saturated rings. The quantitative estimate of drug-likeness (QED) is 0.873. The number of ether oxygens (including phenoxy) is 2. The molecule has 1 aliphatic rings. The SMILES string of the molecule is CCOc1cc(C(=O)O)cc(Br)c1OC1CCN(C)C1=O. The normalized spacial score (nSPS) is 18.0. The van der Waals surface area contributed by atoms with E-state index in [2.05, 4.69) is 15.9 Å². The summed E-state index contributed by atoms with van der Waals surface area (Å²) >= 11 is 3.29. The van der Waals surface area contributed by atoms with Gasteiger partial charge in [0.2, 0.25) is 0 Å². The van der Waals surface area contributed by atoms with Gasteiger partial charge in [0.05, 0.1) is 16.6 Å². The van der Waals surface area contributed by atoms with Gasteiger partial charge < -0.3 is 19.5 Å². The maximum atomic E-state index is 11.9. The number of hydrogen-bond acceptors (Lipinski definition) is 4. The average Bonchev–Trinajstić information content (AvgIpc) is 2.74. The Kier molecular flexibility index (Phi) is 4.72. The lowest BCUT2D eigenvalue weighted by atomic mass is 10.2. The first-order valence-electron chi connectivity index (χ1n) is 6.55. The van der Waals surface area contributed by atoms with E-state index in [4.69, 9.17) is 14.6 Å². The van der Waals surface area contributed by atoms with Crippen LogP contribution in [0.2, 0.25) is 0 Å². The van der Waals surface area contributed by atoms with Crippen molar-refractivity contribution in [2.24, 2.45) is 0 Å². The van der Waals surface area contributed by atoms with Gasteiger partial charge in [-0.2, -0.15) is 0 Å². The summed E-state index contributed by atoms with van der Waals surface area (Å²) < 4.78 is 11.6. The number of aromatic carboxylic acids is 1. The highest BCUT2D eigenvalue weighted by atomic mass is 79.9. The van der Waals surface area contributed by atoms with Gasteiger partial charge >= 0.3 is 5.97 Å². The minimum atomic E-state index is -1.06. The molecule has 1 saturated heterocycles. The fourth-order valence-electron chi connectivity index (χ4n) is 2.11. The number of carboxylic acids is 1. The van der Waals surface area contributed by atoms with Gasteiger partial charge in [0.25, 0.3) is 5.91 Å². The van der Waals surface area contributed by atoms with Gasteiger partial charge in [-0.3, -0.25) is 4.79 Å². The molecule has 0 bridgehead atoms. The van der Waals surface area contributed by atoms with Crippen molar-refractivity contribution in [1.82, 2.24) is 4.90 Å². The first-order chi connectivity index (χ1) is 9.93. The summed E-state index contributed by atoms with van der Waals surface area (Å²) in [6.45, 7) is 2.79. The number of halogens is 1. The molecule has 0 aliphatic carbocycles. The third-order valence-corrected chi connectivity index (χ3v) is 3.78. The summed E-state index contributed by atoms with van der Waals surface area (Å²) in [5.74, 6) is -0.478. The Balaban J connectivity index is 2.33. The largest absolute Gasteiger partial charge is 0.490 e. The van der Waals surface area contributed by atoms with Gasteiger partial charge in [0.15, 0.2) is 17.6 Å². The highest BCUT2D eigenvalue weighted by Crippen LogP contribution is 2.38. The van der Waals surface area contributed by atoms with E-state index in [9.17, 15) is 9.59 Å². The molecule has 1 aromatic rings. The van der Waals surface area contributed by atoms with E-state index >= 15 is 0 Å². The zero-order valence-electron chi connectivity index (χ0n) is 11.8. The Morgan fingerprint density at radius 1 is 1.52 bits per heavy atom. The van der Waals surface area contributed by atoms with Crippen molar-refractivity contribution in [2.45, 2.75) is 19.4 Å². The van der Waals surface area contributed by atoms with Crippen molar-refractivity contribution in [1.29, 1.82) is 0 Å². The Hall–Kier alpha value is -1.76. The molecule has 1 aliphatic heterocycles. The molecule has 1 unspecified atom stereocenters. The molecular weight excluding hydrogens is 342 g/mol. The molecule has 0 aromatic heterocycles. The Morgan fingerprint density at radius 3 is 2.76 bits per heavy atom. The molecule has 1 aromatic carbocycles. The van der Waals surface area contributed by atoms with Crippen molar-refractivity contribution in [3.05, 3.63) is 22.2 Å². The maximum absolute atomic E-state index is 11.9. The number of likely N-dealkylation sites (N-methyl/N-ethyl adjacent to an activating group) is 1. The molecule has 0 spiro atoms. The van der Waals surface area contributed by atoms with E-state index in [0.29, 0.717) is 35.5 Å². The number of benzene rings is 1. The van der Waals surface area contributed by atoms with Gasteiger partial charge in [-0.1, -0.05) is 0 Å². The van der Waals surface area contributed by atoms with Gasteiger partial charge in [-0.25, -0.2) is 4.79 Å². The molecule has 1 atom stereocenters. The van der Waals surface area contributed by atoms with Crippen LogP contribution in [0.4, 0.5) is 0 Å². The molecule has 2 rings (SSSR count). The van der Waals surface area contributed by atoms with Crippen molar-refractivity contribution >= 4 is 27.8 Å². The monoisotopic (exact) mass is 357 g/mol. The van der Waals surface area contributed by atoms with Crippen LogP contribution in [-0.2, 0) is 4.79 Å². The van der Waals surface area contributed by atoms with E-state index in [1.807, 2.05) is 0 Å². The fourth-order valence-corrected chi connectivity index (χ4v) is 2.65. The van der Waals surface area contributed by atoms with Crippen molar-refractivity contribution in [3.63, 3.8) is 0 Å². The van der Waals surface area contributed by atoms with Gasteiger partial charge in [0.1, 0.15) is 0 Å². The van der Waals surface area contributed by atoms with Crippen LogP contribution >= 0.6 is 15.9 Å². The Bertz CT molecular complexity index is 575. The van der Waals surface area contributed by atoms with Crippen molar-refractivity contribution in [2.75, 3.05) is 20.2 Å². The molecular formula is C14H16BrNO5. The van der Waals surface area contributed by atoms with Crippen molar-refractivity contribution < 1.29 is 24.2 Å². The number of carbonyl (C=O) groups is 2. The predicted octanol–water partition coefficient (Wildman–Crippen LogP) is 2.16. The second-order valence-corrected chi connectivity index (χ2v) is 5.53. The summed E-state index contributed by atoms with van der Waals surface area (Å²) in [7, 11) is 1.72. The highest BCUT2D eigenvalue weighted by molar-refractivity contribution is 9.10. The minimum absolute atomic E-state index is 0.0903. The number of nitrogens with zero attached hydrogens (tertiary/aromatic N) is 1. The first-order valence-corrected chi connectivity index (χ1v) is 7.34. The summed E-state index contributed by atoms with van der Waals surface area (Å²) in [6.07, 6.45) is 0.0229. The summed E-state index contributed by atoms with van der Waals surface area (Å²) in [5.41, 5.74) is 0.0903. The summed E-state index contributed by atoms with van der Waals surface area (Å²) in [4.78, 5) is 24.6. The standard InChI is InChI=1S/C14H16BrNO5/c1-3-20-11-7-8(14(18)19)6-9(15)12(11)21-10-4-5-16(2)13(10)17/h6-7,10H,3-5H2,1-2H3,(H,18,19). The Morgan fingerprint density at radius 2 is 2.24 bits per heavy atom. The molecule has 7 heteroatoms. The second-order valence-electron chi connectivity index (χ2n) is 4.68. The van der Waals surface area contributed by atoms with E-state index in [0.717, 1.165) is 0 Å². The van der Waals surface area contributed by atoms with Crippen LogP contribution in [-0.4, -0.2) is 48.2 Å². The number of rotatable bonds is 5. The smallest absolute Gasteiger partial charge is 0.335 e. The van der Waals surface area contributed by atoms with Crippen LogP contribution in [0.15, 0.2) is 16.6 Å². The molecule has 114 valence electrons. The maximum Gasteiger partial charge on any atom is 0.335 e. The lowest BCUT2D eigenvalue weighted by Crippen LogP contribution is -2.29. The molecule has 1 heterocycles. The van der Waals surface area contributed by atoms with Crippen LogP contribution < -0.4 is 9.47 Å². The minimum Gasteiger partial charge on any atom is -0.490 e. The molecule has 0 saturated carbocycles. The van der Waals surface area contributed by atoms with Crippen LogP contribution in [0.25, 0.3) is 0 Å². The third kappa shape index (κ3) is 3.29. The van der Waals surface area contributed by atoms with Crippen molar-refractivity contribution in [3.8, 4) is 11.5 Å². The second kappa shape index (κ2) is 6.34. The van der Waals surface area contributed by atoms with E-state index in [1.165, 1.54) is 12.1 Å². The van der Waals surface area contributed by atoms with Gasteiger partial charge in [-0.15, -0.1) is 0 Å². The fraction of sp³-hybridized carbons (Fsp3) is 0.429. The van der Waals surface area contributed by atoms with Gasteiger partial charge in [-0.05, 0) is 35.0 Å². The zero-order chi connectivity index (χ0) is 15.6. The molecule has 1 amide bonds. The number of carboxylic acid groups (broad SMARTS) is 1. The summed E-state index contributed by atoms with van der Waals surface area (Å²) in [6, 6.07) is 2.83. The zero-order valence-corrected chi connectivity index (χ0v) is 13.3. The number of likely N-dealkylation sites (tertiary alicyclic amines) is 1. The van der Waals surface area contributed by atoms with Crippen LogP contribution in [0.1, 0.15) is 23.7 Å². The number of amides is 1. The number of carbonyl (C=O) groups excluding carboxylic acids is 1. The summed E-state index contributed by atoms with van der Waals surface area (Å²) in [5, 5.41) is 9.08. The lowest BCUT2D eigenvalue weighted by molar-refractivity contribution is -0.132. The van der Waals surface area contributed by atoms with Crippen LogP contribution in [0, 0.1) is 0 Å². The average molecular weight is 358 g/mol. The molecule has 6 nitrogen and oxygen atoms in total. The van der Waals surface area contributed by atoms with E-state index in [1.54, 1.807) is 18.9 Å². The van der Waals surface area contributed by atoms with Crippen LogP contribution in [0.5, 0.6) is 11.5 Å². The Labute approximate surface area is 130 Å². The molecule has 1 N–H and O–H groups in total. The lowest BCUT2D eigenvalue weighted by Gasteiger charge is -2.18. The predicted molar refractivity (Wildman–Crippen MR) is 78.9 cm³/mol. The van der Waals surface area contributed by atoms with Gasteiger partial charge in [0, 0.05) is 20.0 Å². The molecule has 21 heavy (non-hydrogen) atoms. The highest BCUT2D eigenvalue weighted by Gasteiger charge is 2.32. The molecule has 0 radical (unpaired) electrons. The third-order valence-electron chi connectivity index (χ3n) is 3.19. The van der Waals surface area contributed by atoms with E-state index in [-0.39, 0.29) is 11.5 Å². The number of hydrogen-bond donors (Lipinski definition) is 1. The first kappa shape index (κ1) is 15.6. The topological polar surface area (TPSA) is 76.1 Å². The van der Waals surface area contributed by atoms with E-state index < -0.39 is 12.1 Å².